The Morgan fingerprint density at radius 3 is 2.42 bits per heavy atom. The van der Waals surface area contributed by atoms with Crippen molar-refractivity contribution in [2.75, 3.05) is 0 Å². The molecule has 3 aromatic rings. The number of benzene rings is 3. The standard InChI is InChI=1S/C22H12Br2Cl2N2O3/c23-18-7-14(6-16(11-27)15-2-1-3-17(10-15)28(29)30)8-19(24)22(18)31-12-13-4-5-20(25)21(26)9-13/h1-10H,12H2/b16-6-. The quantitative estimate of drug-likeness (QED) is 0.127. The Morgan fingerprint density at radius 1 is 1.10 bits per heavy atom. The van der Waals surface area contributed by atoms with Gasteiger partial charge in [-0.05, 0) is 78.9 Å². The highest BCUT2D eigenvalue weighted by Gasteiger charge is 2.12. The van der Waals surface area contributed by atoms with E-state index in [9.17, 15) is 15.4 Å². The van der Waals surface area contributed by atoms with Crippen LogP contribution < -0.4 is 4.74 Å². The summed E-state index contributed by atoms with van der Waals surface area (Å²) in [5.41, 5.74) is 2.25. The molecule has 0 aliphatic heterocycles. The molecule has 0 saturated carbocycles. The van der Waals surface area contributed by atoms with Gasteiger partial charge in [0.05, 0.1) is 35.6 Å². The summed E-state index contributed by atoms with van der Waals surface area (Å²) in [5, 5.41) is 21.5. The molecule has 0 amide bonds. The molecule has 9 heteroatoms. The Bertz CT molecular complexity index is 1220. The Balaban J connectivity index is 1.86. The molecule has 0 aliphatic rings. The van der Waals surface area contributed by atoms with Gasteiger partial charge in [0.2, 0.25) is 0 Å². The van der Waals surface area contributed by atoms with Crippen molar-refractivity contribution in [1.82, 2.24) is 0 Å². The zero-order chi connectivity index (χ0) is 22.5. The number of allylic oxidation sites excluding steroid dienone is 1. The third-order valence-corrected chi connectivity index (χ3v) is 6.10. The zero-order valence-electron chi connectivity index (χ0n) is 15.6. The zero-order valence-corrected chi connectivity index (χ0v) is 20.3. The number of non-ortho nitro benzene ring substituents is 1. The summed E-state index contributed by atoms with van der Waals surface area (Å²) in [6.07, 6.45) is 1.65. The summed E-state index contributed by atoms with van der Waals surface area (Å²) >= 11 is 19.0. The van der Waals surface area contributed by atoms with Crippen LogP contribution in [-0.4, -0.2) is 4.92 Å². The van der Waals surface area contributed by atoms with Crippen LogP contribution in [0.4, 0.5) is 5.69 Å². The van der Waals surface area contributed by atoms with E-state index < -0.39 is 4.92 Å². The molecule has 31 heavy (non-hydrogen) atoms. The second-order valence-corrected chi connectivity index (χ2v) is 8.85. The smallest absolute Gasteiger partial charge is 0.270 e. The van der Waals surface area contributed by atoms with E-state index in [2.05, 4.69) is 37.9 Å². The molecule has 0 N–H and O–H groups in total. The molecular weight excluding hydrogens is 571 g/mol. The van der Waals surface area contributed by atoms with Crippen LogP contribution in [0.25, 0.3) is 11.6 Å². The van der Waals surface area contributed by atoms with Crippen LogP contribution in [0.5, 0.6) is 5.75 Å². The first kappa shape index (κ1) is 23.3. The molecule has 0 bridgehead atoms. The van der Waals surface area contributed by atoms with Gasteiger partial charge in [0.15, 0.2) is 0 Å². The molecular formula is C22H12Br2Cl2N2O3. The third-order valence-electron chi connectivity index (χ3n) is 4.19. The third kappa shape index (κ3) is 5.86. The average Bonchev–Trinajstić information content (AvgIpc) is 2.74. The number of hydrogen-bond donors (Lipinski definition) is 0. The number of rotatable bonds is 6. The second kappa shape index (κ2) is 10.3. The fourth-order valence-electron chi connectivity index (χ4n) is 2.72. The maximum atomic E-state index is 11.0. The van der Waals surface area contributed by atoms with Crippen LogP contribution in [-0.2, 0) is 6.61 Å². The van der Waals surface area contributed by atoms with Crippen molar-refractivity contribution in [1.29, 1.82) is 5.26 Å². The number of hydrogen-bond acceptors (Lipinski definition) is 4. The molecule has 0 aromatic heterocycles. The minimum absolute atomic E-state index is 0.0768. The first-order chi connectivity index (χ1) is 14.8. The van der Waals surface area contributed by atoms with E-state index in [1.54, 1.807) is 42.5 Å². The molecule has 0 radical (unpaired) electrons. The predicted molar refractivity (Wildman–Crippen MR) is 129 cm³/mol. The number of nitro benzene ring substituents is 1. The van der Waals surface area contributed by atoms with Crippen molar-refractivity contribution in [3.8, 4) is 11.8 Å². The van der Waals surface area contributed by atoms with E-state index >= 15 is 0 Å². The van der Waals surface area contributed by atoms with Gasteiger partial charge in [-0.3, -0.25) is 10.1 Å². The molecule has 0 aliphatic carbocycles. The van der Waals surface area contributed by atoms with Gasteiger partial charge in [0.25, 0.3) is 5.69 Å². The lowest BCUT2D eigenvalue weighted by atomic mass is 10.0. The molecule has 0 saturated heterocycles. The molecule has 5 nitrogen and oxygen atoms in total. The van der Waals surface area contributed by atoms with E-state index in [-0.39, 0.29) is 12.3 Å². The van der Waals surface area contributed by atoms with Gasteiger partial charge in [-0.15, -0.1) is 0 Å². The first-order valence-corrected chi connectivity index (χ1v) is 11.0. The lowest BCUT2D eigenvalue weighted by molar-refractivity contribution is -0.384. The van der Waals surface area contributed by atoms with Crippen LogP contribution in [0.15, 0.2) is 63.5 Å². The van der Waals surface area contributed by atoms with Crippen LogP contribution in [0.2, 0.25) is 10.0 Å². The number of ether oxygens (including phenoxy) is 1. The molecule has 0 fully saturated rings. The van der Waals surface area contributed by atoms with Crippen molar-refractivity contribution >= 4 is 72.4 Å². The van der Waals surface area contributed by atoms with E-state index in [0.717, 1.165) is 5.56 Å². The number of nitriles is 1. The van der Waals surface area contributed by atoms with Gasteiger partial charge in [-0.1, -0.05) is 41.4 Å². The van der Waals surface area contributed by atoms with E-state index in [0.29, 0.717) is 41.4 Å². The topological polar surface area (TPSA) is 76.2 Å². The van der Waals surface area contributed by atoms with E-state index in [4.69, 9.17) is 27.9 Å². The van der Waals surface area contributed by atoms with Gasteiger partial charge in [-0.2, -0.15) is 5.26 Å². The highest BCUT2D eigenvalue weighted by Crippen LogP contribution is 2.37. The molecule has 3 aromatic carbocycles. The normalized spacial score (nSPS) is 11.1. The lowest BCUT2D eigenvalue weighted by Crippen LogP contribution is -1.97. The molecule has 0 spiro atoms. The molecule has 0 unspecified atom stereocenters. The van der Waals surface area contributed by atoms with Gasteiger partial charge in [0.1, 0.15) is 12.4 Å². The molecule has 156 valence electrons. The largest absolute Gasteiger partial charge is 0.487 e. The average molecular weight is 583 g/mol. The summed E-state index contributed by atoms with van der Waals surface area (Å²) in [6.45, 7) is 0.278. The van der Waals surface area contributed by atoms with Crippen molar-refractivity contribution in [2.45, 2.75) is 6.61 Å². The van der Waals surface area contributed by atoms with Crippen LogP contribution >= 0.6 is 55.1 Å². The van der Waals surface area contributed by atoms with Crippen molar-refractivity contribution in [3.05, 3.63) is 100 Å². The SMILES string of the molecule is N#C/C(=C/c1cc(Br)c(OCc2ccc(Cl)c(Cl)c2)c(Br)c1)c1cccc([N+](=O)[O-])c1. The maximum Gasteiger partial charge on any atom is 0.270 e. The highest BCUT2D eigenvalue weighted by atomic mass is 79.9. The summed E-state index contributed by atoms with van der Waals surface area (Å²) in [6, 6.07) is 16.9. The molecule has 0 atom stereocenters. The Hall–Kier alpha value is -2.37. The highest BCUT2D eigenvalue weighted by molar-refractivity contribution is 9.11. The Kier molecular flexibility index (Phi) is 7.74. The summed E-state index contributed by atoms with van der Waals surface area (Å²) < 4.78 is 7.25. The fraction of sp³-hybridized carbons (Fsp3) is 0.0455. The molecule has 0 heterocycles. The van der Waals surface area contributed by atoms with Crippen molar-refractivity contribution in [2.24, 2.45) is 0 Å². The van der Waals surface area contributed by atoms with Gasteiger partial charge >= 0.3 is 0 Å². The Morgan fingerprint density at radius 2 is 1.81 bits per heavy atom. The van der Waals surface area contributed by atoms with E-state index in [1.807, 2.05) is 6.07 Å². The van der Waals surface area contributed by atoms with Crippen LogP contribution in [0.1, 0.15) is 16.7 Å². The Labute approximate surface area is 205 Å². The molecule has 3 rings (SSSR count). The minimum atomic E-state index is -0.494. The van der Waals surface area contributed by atoms with Gasteiger partial charge < -0.3 is 4.74 Å². The van der Waals surface area contributed by atoms with E-state index in [1.165, 1.54) is 12.1 Å². The second-order valence-electron chi connectivity index (χ2n) is 6.33. The monoisotopic (exact) mass is 580 g/mol. The van der Waals surface area contributed by atoms with Crippen molar-refractivity contribution < 1.29 is 9.66 Å². The number of halogens is 4. The summed E-state index contributed by atoms with van der Waals surface area (Å²) in [4.78, 5) is 10.5. The maximum absolute atomic E-state index is 11.0. The van der Waals surface area contributed by atoms with Crippen LogP contribution in [0.3, 0.4) is 0 Å². The predicted octanol–water partition coefficient (Wildman–Crippen LogP) is 8.07. The minimum Gasteiger partial charge on any atom is -0.487 e. The van der Waals surface area contributed by atoms with Crippen molar-refractivity contribution in [3.63, 3.8) is 0 Å². The van der Waals surface area contributed by atoms with Gasteiger partial charge in [0, 0.05) is 12.1 Å². The fourth-order valence-corrected chi connectivity index (χ4v) is 4.49. The van der Waals surface area contributed by atoms with Crippen LogP contribution in [0, 0.1) is 21.4 Å². The summed E-state index contributed by atoms with van der Waals surface area (Å²) in [5.74, 6) is 0.581. The first-order valence-electron chi connectivity index (χ1n) is 8.71. The number of nitro groups is 1. The number of nitrogens with zero attached hydrogens (tertiary/aromatic N) is 2. The lowest BCUT2D eigenvalue weighted by Gasteiger charge is -2.12. The summed E-state index contributed by atoms with van der Waals surface area (Å²) in [7, 11) is 0. The van der Waals surface area contributed by atoms with Gasteiger partial charge in [-0.25, -0.2) is 0 Å².